The number of methoxy groups -OCH3 is 1. The van der Waals surface area contributed by atoms with E-state index in [9.17, 15) is 18.0 Å². The number of anilines is 1. The molecule has 0 spiro atoms. The lowest BCUT2D eigenvalue weighted by Crippen LogP contribution is -2.15. The smallest absolute Gasteiger partial charge is 0.451 e. The van der Waals surface area contributed by atoms with E-state index in [1.54, 1.807) is 29.4 Å². The molecule has 0 aliphatic carbocycles. The molecule has 0 radical (unpaired) electrons. The number of benzene rings is 1. The highest BCUT2D eigenvalue weighted by molar-refractivity contribution is 6.04. The molecule has 1 amide bonds. The number of aromatic amines is 1. The highest BCUT2D eigenvalue weighted by Crippen LogP contribution is 2.27. The van der Waals surface area contributed by atoms with Gasteiger partial charge in [-0.2, -0.15) is 18.2 Å². The predicted molar refractivity (Wildman–Crippen MR) is 77.6 cm³/mol. The van der Waals surface area contributed by atoms with Crippen LogP contribution in [0.1, 0.15) is 16.3 Å². The van der Waals surface area contributed by atoms with Crippen LogP contribution in [0.15, 0.2) is 30.3 Å². The number of amides is 1. The van der Waals surface area contributed by atoms with Crippen LogP contribution in [0.4, 0.5) is 19.1 Å². The lowest BCUT2D eigenvalue weighted by molar-refractivity contribution is -0.144. The number of rotatable bonds is 3. The van der Waals surface area contributed by atoms with Crippen molar-refractivity contribution in [2.45, 2.75) is 6.18 Å². The SMILES string of the molecule is COc1nc(C(=O)Nc2n[nH]c(C(F)(F)F)n2)cc2ccccc12. The zero-order valence-electron chi connectivity index (χ0n) is 12.2. The lowest BCUT2D eigenvalue weighted by atomic mass is 10.1. The summed E-state index contributed by atoms with van der Waals surface area (Å²) in [4.78, 5) is 19.4. The molecule has 24 heavy (non-hydrogen) atoms. The Morgan fingerprint density at radius 3 is 2.67 bits per heavy atom. The minimum absolute atomic E-state index is 0.0380. The van der Waals surface area contributed by atoms with Crippen molar-refractivity contribution < 1.29 is 22.7 Å². The van der Waals surface area contributed by atoms with Crippen molar-refractivity contribution in [1.29, 1.82) is 0 Å². The van der Waals surface area contributed by atoms with E-state index in [1.807, 2.05) is 0 Å². The summed E-state index contributed by atoms with van der Waals surface area (Å²) in [6.45, 7) is 0. The van der Waals surface area contributed by atoms with Gasteiger partial charge in [0.2, 0.25) is 17.7 Å². The fourth-order valence-electron chi connectivity index (χ4n) is 2.05. The molecule has 0 saturated carbocycles. The number of nitrogens with one attached hydrogen (secondary N) is 2. The summed E-state index contributed by atoms with van der Waals surface area (Å²) in [5, 5.41) is 8.57. The molecule has 0 aliphatic rings. The molecule has 0 bridgehead atoms. The van der Waals surface area contributed by atoms with Crippen molar-refractivity contribution in [3.8, 4) is 5.88 Å². The van der Waals surface area contributed by atoms with Crippen LogP contribution < -0.4 is 10.1 Å². The lowest BCUT2D eigenvalue weighted by Gasteiger charge is -2.07. The van der Waals surface area contributed by atoms with Gasteiger partial charge in [-0.15, -0.1) is 5.10 Å². The zero-order valence-corrected chi connectivity index (χ0v) is 12.2. The van der Waals surface area contributed by atoms with Gasteiger partial charge in [-0.1, -0.05) is 18.2 Å². The van der Waals surface area contributed by atoms with E-state index < -0.39 is 23.9 Å². The first-order chi connectivity index (χ1) is 11.4. The molecule has 0 saturated heterocycles. The first kappa shape index (κ1) is 15.7. The van der Waals surface area contributed by atoms with Crippen molar-refractivity contribution in [1.82, 2.24) is 20.2 Å². The highest BCUT2D eigenvalue weighted by atomic mass is 19.4. The maximum absolute atomic E-state index is 12.5. The Bertz CT molecular complexity index is 907. The number of nitrogens with zero attached hydrogens (tertiary/aromatic N) is 3. The number of carbonyl (C=O) groups excluding carboxylic acids is 1. The Morgan fingerprint density at radius 2 is 2.00 bits per heavy atom. The van der Waals surface area contributed by atoms with Gasteiger partial charge in [0, 0.05) is 5.39 Å². The van der Waals surface area contributed by atoms with E-state index >= 15 is 0 Å². The van der Waals surface area contributed by atoms with Crippen LogP contribution >= 0.6 is 0 Å². The average Bonchev–Trinajstić information content (AvgIpc) is 3.02. The van der Waals surface area contributed by atoms with Crippen molar-refractivity contribution in [3.63, 3.8) is 0 Å². The number of halogens is 3. The zero-order chi connectivity index (χ0) is 17.3. The summed E-state index contributed by atoms with van der Waals surface area (Å²) in [5.41, 5.74) is -0.0380. The van der Waals surface area contributed by atoms with E-state index in [0.717, 1.165) is 0 Å². The number of ether oxygens (including phenoxy) is 1. The molecule has 2 heterocycles. The third kappa shape index (κ3) is 2.98. The van der Waals surface area contributed by atoms with E-state index in [-0.39, 0.29) is 11.6 Å². The van der Waals surface area contributed by atoms with Crippen LogP contribution in [0, 0.1) is 0 Å². The normalized spacial score (nSPS) is 11.5. The van der Waals surface area contributed by atoms with E-state index in [2.05, 4.69) is 20.4 Å². The molecule has 10 heteroatoms. The fourth-order valence-corrected chi connectivity index (χ4v) is 2.05. The van der Waals surface area contributed by atoms with Gasteiger partial charge in [0.25, 0.3) is 5.91 Å². The number of hydrogen-bond donors (Lipinski definition) is 2. The Labute approximate surface area is 132 Å². The second-order valence-corrected chi connectivity index (χ2v) is 4.70. The number of pyridine rings is 1. The van der Waals surface area contributed by atoms with Gasteiger partial charge in [-0.3, -0.25) is 15.2 Å². The molecule has 0 aliphatic heterocycles. The molecule has 0 unspecified atom stereocenters. The average molecular weight is 337 g/mol. The van der Waals surface area contributed by atoms with Gasteiger partial charge < -0.3 is 4.74 Å². The monoisotopic (exact) mass is 337 g/mol. The third-order valence-corrected chi connectivity index (χ3v) is 3.11. The topological polar surface area (TPSA) is 92.8 Å². The van der Waals surface area contributed by atoms with Gasteiger partial charge in [0.1, 0.15) is 5.69 Å². The van der Waals surface area contributed by atoms with Gasteiger partial charge in [0.15, 0.2) is 0 Å². The number of alkyl halides is 3. The summed E-state index contributed by atoms with van der Waals surface area (Å²) < 4.78 is 42.5. The molecule has 2 N–H and O–H groups in total. The van der Waals surface area contributed by atoms with Crippen LogP contribution in [0.2, 0.25) is 0 Å². The molecule has 124 valence electrons. The molecule has 0 atom stereocenters. The molecule has 0 fully saturated rings. The van der Waals surface area contributed by atoms with Crippen LogP contribution in [-0.2, 0) is 6.18 Å². The van der Waals surface area contributed by atoms with Crippen LogP contribution in [0.5, 0.6) is 5.88 Å². The second kappa shape index (κ2) is 5.80. The summed E-state index contributed by atoms with van der Waals surface area (Å²) >= 11 is 0. The van der Waals surface area contributed by atoms with Gasteiger partial charge in [-0.25, -0.2) is 4.98 Å². The first-order valence-electron chi connectivity index (χ1n) is 6.63. The van der Waals surface area contributed by atoms with Crippen LogP contribution in [-0.4, -0.2) is 33.2 Å². The van der Waals surface area contributed by atoms with Crippen molar-refractivity contribution in [2.75, 3.05) is 12.4 Å². The van der Waals surface area contributed by atoms with E-state index in [1.165, 1.54) is 13.2 Å². The van der Waals surface area contributed by atoms with Gasteiger partial charge in [0.05, 0.1) is 7.11 Å². The van der Waals surface area contributed by atoms with E-state index in [0.29, 0.717) is 10.8 Å². The van der Waals surface area contributed by atoms with Crippen molar-refractivity contribution in [2.24, 2.45) is 0 Å². The Balaban J connectivity index is 1.90. The third-order valence-electron chi connectivity index (χ3n) is 3.11. The summed E-state index contributed by atoms with van der Waals surface area (Å²) in [5.74, 6) is -2.33. The fraction of sp³-hybridized carbons (Fsp3) is 0.143. The molecule has 1 aromatic carbocycles. The quantitative estimate of drug-likeness (QED) is 0.766. The summed E-state index contributed by atoms with van der Waals surface area (Å²) in [6.07, 6.45) is -4.68. The Morgan fingerprint density at radius 1 is 1.25 bits per heavy atom. The molecule has 3 rings (SSSR count). The maximum atomic E-state index is 12.5. The Kier molecular flexibility index (Phi) is 3.80. The molecule has 7 nitrogen and oxygen atoms in total. The van der Waals surface area contributed by atoms with Gasteiger partial charge >= 0.3 is 6.18 Å². The summed E-state index contributed by atoms with van der Waals surface area (Å²) in [6, 6.07) is 8.58. The number of hydrogen-bond acceptors (Lipinski definition) is 5. The van der Waals surface area contributed by atoms with Crippen molar-refractivity contribution in [3.05, 3.63) is 41.9 Å². The molecular weight excluding hydrogens is 327 g/mol. The summed E-state index contributed by atoms with van der Waals surface area (Å²) in [7, 11) is 1.40. The minimum Gasteiger partial charge on any atom is -0.481 e. The van der Waals surface area contributed by atoms with Crippen molar-refractivity contribution >= 4 is 22.6 Å². The standard InChI is InChI=1S/C14H10F3N5O2/c1-24-11-8-5-3-2-4-7(8)6-9(18-11)10(23)19-13-20-12(21-22-13)14(15,16)17/h2-6H,1H3,(H2,19,20,21,22,23). The first-order valence-corrected chi connectivity index (χ1v) is 6.63. The molecule has 2 aromatic heterocycles. The number of aromatic nitrogens is 4. The van der Waals surface area contributed by atoms with E-state index in [4.69, 9.17) is 4.74 Å². The van der Waals surface area contributed by atoms with Crippen LogP contribution in [0.25, 0.3) is 10.8 Å². The minimum atomic E-state index is -4.68. The molecule has 3 aromatic rings. The largest absolute Gasteiger partial charge is 0.481 e. The number of carbonyl (C=O) groups is 1. The number of H-pyrrole nitrogens is 1. The van der Waals surface area contributed by atoms with Gasteiger partial charge in [-0.05, 0) is 17.5 Å². The predicted octanol–water partition coefficient (Wildman–Crippen LogP) is 2.63. The highest BCUT2D eigenvalue weighted by Gasteiger charge is 2.35. The maximum Gasteiger partial charge on any atom is 0.451 e. The van der Waals surface area contributed by atoms with Crippen LogP contribution in [0.3, 0.4) is 0 Å². The number of fused-ring (bicyclic) bond motifs is 1. The molecular formula is C14H10F3N5O2. The second-order valence-electron chi connectivity index (χ2n) is 4.70. The Hall–Kier alpha value is -3.17.